The summed E-state index contributed by atoms with van der Waals surface area (Å²) in [5.74, 6) is 0.259. The molecule has 1 aromatic carbocycles. The molecular formula is C15H19NO6S. The number of hydrogen-bond acceptors (Lipinski definition) is 6. The number of sulfone groups is 1. The number of Topliss-reactive ketones (excluding diaryl/α,β-unsaturated/α-hetero) is 1. The van der Waals surface area contributed by atoms with Crippen LogP contribution in [-0.2, 0) is 14.6 Å². The first-order valence-electron chi connectivity index (χ1n) is 7.12. The second-order valence-electron chi connectivity index (χ2n) is 5.38. The average Bonchev–Trinajstić information content (AvgIpc) is 2.83. The molecule has 0 aromatic heterocycles. The molecule has 1 atom stereocenters. The highest BCUT2D eigenvalue weighted by atomic mass is 32.2. The van der Waals surface area contributed by atoms with Crippen molar-refractivity contribution >= 4 is 21.5 Å². The van der Waals surface area contributed by atoms with Crippen LogP contribution < -0.4 is 14.8 Å². The van der Waals surface area contributed by atoms with Gasteiger partial charge < -0.3 is 14.8 Å². The number of nitrogens with one attached hydrogen (secondary N) is 1. The Morgan fingerprint density at radius 1 is 1.30 bits per heavy atom. The van der Waals surface area contributed by atoms with Gasteiger partial charge in [0.25, 0.3) is 5.91 Å². The summed E-state index contributed by atoms with van der Waals surface area (Å²) < 4.78 is 33.2. The van der Waals surface area contributed by atoms with Crippen molar-refractivity contribution in [3.05, 3.63) is 23.8 Å². The standard InChI is InChI=1S/C15H19NO6S/c1-10(17)11-3-4-13(14(7-11)21-2)22-8-15(18)16-12-5-6-23(19,20)9-12/h3-4,7,12H,5-6,8-9H2,1-2H3,(H,16,18)/t12-/m1/s1. The van der Waals surface area contributed by atoms with Crippen LogP contribution in [0.15, 0.2) is 18.2 Å². The van der Waals surface area contributed by atoms with Gasteiger partial charge in [-0.3, -0.25) is 9.59 Å². The van der Waals surface area contributed by atoms with Crippen LogP contribution in [0.25, 0.3) is 0 Å². The SMILES string of the molecule is COc1cc(C(C)=O)ccc1OCC(=O)N[C@@H]1CCS(=O)(=O)C1. The van der Waals surface area contributed by atoms with Crippen molar-refractivity contribution in [2.75, 3.05) is 25.2 Å². The summed E-state index contributed by atoms with van der Waals surface area (Å²) in [6.45, 7) is 1.19. The lowest BCUT2D eigenvalue weighted by atomic mass is 10.1. The molecule has 0 aliphatic carbocycles. The average molecular weight is 341 g/mol. The van der Waals surface area contributed by atoms with Crippen LogP contribution in [-0.4, -0.2) is 51.4 Å². The van der Waals surface area contributed by atoms with E-state index in [1.54, 1.807) is 18.2 Å². The lowest BCUT2D eigenvalue weighted by Gasteiger charge is -2.13. The zero-order chi connectivity index (χ0) is 17.0. The summed E-state index contributed by atoms with van der Waals surface area (Å²) in [4.78, 5) is 23.2. The number of hydrogen-bond donors (Lipinski definition) is 1. The van der Waals surface area contributed by atoms with Crippen LogP contribution >= 0.6 is 0 Å². The van der Waals surface area contributed by atoms with Gasteiger partial charge in [0.2, 0.25) is 0 Å². The van der Waals surface area contributed by atoms with Crippen molar-refractivity contribution in [2.24, 2.45) is 0 Å². The fourth-order valence-corrected chi connectivity index (χ4v) is 4.00. The second kappa shape index (κ2) is 6.99. The molecular weight excluding hydrogens is 322 g/mol. The molecule has 126 valence electrons. The number of carbonyl (C=O) groups excluding carboxylic acids is 2. The van der Waals surface area contributed by atoms with Gasteiger partial charge in [0.05, 0.1) is 18.6 Å². The summed E-state index contributed by atoms with van der Waals surface area (Å²) in [6.07, 6.45) is 0.421. The molecule has 0 bridgehead atoms. The number of ether oxygens (including phenoxy) is 2. The van der Waals surface area contributed by atoms with Gasteiger partial charge in [0.15, 0.2) is 33.7 Å². The van der Waals surface area contributed by atoms with Gasteiger partial charge in [-0.1, -0.05) is 0 Å². The molecule has 1 aliphatic heterocycles. The number of rotatable bonds is 6. The molecule has 1 aliphatic rings. The van der Waals surface area contributed by atoms with Crippen LogP contribution in [0.5, 0.6) is 11.5 Å². The molecule has 1 fully saturated rings. The molecule has 0 saturated carbocycles. The Balaban J connectivity index is 1.92. The first-order valence-corrected chi connectivity index (χ1v) is 8.94. The number of carbonyl (C=O) groups is 2. The van der Waals surface area contributed by atoms with E-state index in [2.05, 4.69) is 5.32 Å². The Morgan fingerprint density at radius 2 is 2.04 bits per heavy atom. The Hall–Kier alpha value is -2.09. The predicted octanol–water partition coefficient (Wildman–Crippen LogP) is 0.580. The summed E-state index contributed by atoms with van der Waals surface area (Å²) in [7, 11) is -1.60. The predicted molar refractivity (Wildman–Crippen MR) is 83.7 cm³/mol. The Labute approximate surface area is 134 Å². The highest BCUT2D eigenvalue weighted by Gasteiger charge is 2.28. The number of ketones is 1. The molecule has 1 aromatic rings. The van der Waals surface area contributed by atoms with Crippen molar-refractivity contribution in [3.8, 4) is 11.5 Å². The fourth-order valence-electron chi connectivity index (χ4n) is 2.33. The summed E-state index contributed by atoms with van der Waals surface area (Å²) in [5.41, 5.74) is 0.481. The van der Waals surface area contributed by atoms with E-state index in [0.29, 0.717) is 23.5 Å². The molecule has 8 heteroatoms. The zero-order valence-electron chi connectivity index (χ0n) is 13.0. The van der Waals surface area contributed by atoms with Gasteiger partial charge in [-0.2, -0.15) is 0 Å². The van der Waals surface area contributed by atoms with Crippen molar-refractivity contribution in [1.29, 1.82) is 0 Å². The lowest BCUT2D eigenvalue weighted by molar-refractivity contribution is -0.123. The maximum absolute atomic E-state index is 11.8. The number of amides is 1. The van der Waals surface area contributed by atoms with E-state index < -0.39 is 15.7 Å². The maximum Gasteiger partial charge on any atom is 0.258 e. The normalized spacial score (nSPS) is 19.1. The van der Waals surface area contributed by atoms with Gasteiger partial charge >= 0.3 is 0 Å². The van der Waals surface area contributed by atoms with Crippen LogP contribution in [0.3, 0.4) is 0 Å². The minimum Gasteiger partial charge on any atom is -0.493 e. The van der Waals surface area contributed by atoms with Crippen LogP contribution in [0.4, 0.5) is 0 Å². The molecule has 0 spiro atoms. The van der Waals surface area contributed by atoms with Gasteiger partial charge in [-0.25, -0.2) is 8.42 Å². The van der Waals surface area contributed by atoms with E-state index in [1.165, 1.54) is 14.0 Å². The molecule has 2 rings (SSSR count). The monoisotopic (exact) mass is 341 g/mol. The van der Waals surface area contributed by atoms with Crippen LogP contribution in [0.2, 0.25) is 0 Å². The van der Waals surface area contributed by atoms with E-state index >= 15 is 0 Å². The molecule has 0 radical (unpaired) electrons. The van der Waals surface area contributed by atoms with E-state index in [-0.39, 0.29) is 29.9 Å². The quantitative estimate of drug-likeness (QED) is 0.760. The van der Waals surface area contributed by atoms with Crippen molar-refractivity contribution in [3.63, 3.8) is 0 Å². The third-order valence-corrected chi connectivity index (χ3v) is 5.29. The largest absolute Gasteiger partial charge is 0.493 e. The third-order valence-electron chi connectivity index (χ3n) is 3.53. The molecule has 1 amide bonds. The molecule has 1 N–H and O–H groups in total. The Kier molecular flexibility index (Phi) is 5.25. The zero-order valence-corrected chi connectivity index (χ0v) is 13.8. The maximum atomic E-state index is 11.8. The van der Waals surface area contributed by atoms with Gasteiger partial charge in [-0.15, -0.1) is 0 Å². The molecule has 1 saturated heterocycles. The highest BCUT2D eigenvalue weighted by Crippen LogP contribution is 2.28. The molecule has 1 heterocycles. The molecule has 0 unspecified atom stereocenters. The molecule has 7 nitrogen and oxygen atoms in total. The lowest BCUT2D eigenvalue weighted by Crippen LogP contribution is -2.38. The first kappa shape index (κ1) is 17.3. The van der Waals surface area contributed by atoms with Gasteiger partial charge in [0, 0.05) is 11.6 Å². The van der Waals surface area contributed by atoms with Gasteiger partial charge in [0.1, 0.15) is 0 Å². The van der Waals surface area contributed by atoms with E-state index in [4.69, 9.17) is 9.47 Å². The van der Waals surface area contributed by atoms with Crippen molar-refractivity contribution in [1.82, 2.24) is 5.32 Å². The smallest absolute Gasteiger partial charge is 0.258 e. The topological polar surface area (TPSA) is 98.8 Å². The van der Waals surface area contributed by atoms with E-state index in [0.717, 1.165) is 0 Å². The van der Waals surface area contributed by atoms with Crippen molar-refractivity contribution in [2.45, 2.75) is 19.4 Å². The molecule has 23 heavy (non-hydrogen) atoms. The van der Waals surface area contributed by atoms with Gasteiger partial charge in [-0.05, 0) is 31.5 Å². The summed E-state index contributed by atoms with van der Waals surface area (Å²) in [5, 5.41) is 2.63. The Bertz CT molecular complexity index is 713. The van der Waals surface area contributed by atoms with E-state index in [9.17, 15) is 18.0 Å². The Morgan fingerprint density at radius 3 is 2.61 bits per heavy atom. The van der Waals surface area contributed by atoms with Crippen molar-refractivity contribution < 1.29 is 27.5 Å². The van der Waals surface area contributed by atoms with E-state index in [1.807, 2.05) is 0 Å². The van der Waals surface area contributed by atoms with Crippen LogP contribution in [0.1, 0.15) is 23.7 Å². The number of methoxy groups -OCH3 is 1. The summed E-state index contributed by atoms with van der Waals surface area (Å²) in [6, 6.07) is 4.32. The summed E-state index contributed by atoms with van der Waals surface area (Å²) >= 11 is 0. The minimum absolute atomic E-state index is 0.0324. The second-order valence-corrected chi connectivity index (χ2v) is 7.61. The number of benzene rings is 1. The highest BCUT2D eigenvalue weighted by molar-refractivity contribution is 7.91. The fraction of sp³-hybridized carbons (Fsp3) is 0.467. The van der Waals surface area contributed by atoms with Crippen LogP contribution in [0, 0.1) is 0 Å². The first-order chi connectivity index (χ1) is 10.8. The minimum atomic E-state index is -3.04. The third kappa shape index (κ3) is 4.69.